The van der Waals surface area contributed by atoms with Crippen LogP contribution >= 0.6 is 0 Å². The van der Waals surface area contributed by atoms with E-state index < -0.39 is 0 Å². The van der Waals surface area contributed by atoms with Crippen LogP contribution in [0.4, 0.5) is 5.69 Å². The van der Waals surface area contributed by atoms with Crippen LogP contribution in [0, 0.1) is 5.92 Å². The summed E-state index contributed by atoms with van der Waals surface area (Å²) in [5, 5.41) is 3.69. The second kappa shape index (κ2) is 6.77. The van der Waals surface area contributed by atoms with Gasteiger partial charge in [-0.25, -0.2) is 0 Å². The summed E-state index contributed by atoms with van der Waals surface area (Å²) in [6.07, 6.45) is 1.21. The highest BCUT2D eigenvalue weighted by atomic mass is 15.1. The topological polar surface area (TPSA) is 15.3 Å². The Bertz CT molecular complexity index is 538. The molecule has 1 aliphatic heterocycles. The molecule has 0 bridgehead atoms. The quantitative estimate of drug-likeness (QED) is 0.910. The number of likely N-dealkylation sites (tertiary alicyclic amines) is 1. The van der Waals surface area contributed by atoms with Gasteiger partial charge in [0.15, 0.2) is 0 Å². The van der Waals surface area contributed by atoms with Crippen LogP contribution in [0.1, 0.15) is 18.9 Å². The zero-order valence-corrected chi connectivity index (χ0v) is 12.7. The molecule has 1 fully saturated rings. The SMILES string of the molecule is C[C@H]1CN(Cc2ccccc2)CC[C@@H]1Nc1ccccc1. The van der Waals surface area contributed by atoms with Gasteiger partial charge in [-0.2, -0.15) is 0 Å². The van der Waals surface area contributed by atoms with Crippen LogP contribution in [0.25, 0.3) is 0 Å². The van der Waals surface area contributed by atoms with Crippen LogP contribution in [-0.4, -0.2) is 24.0 Å². The van der Waals surface area contributed by atoms with Gasteiger partial charge in [0.2, 0.25) is 0 Å². The summed E-state index contributed by atoms with van der Waals surface area (Å²) in [5.41, 5.74) is 2.66. The van der Waals surface area contributed by atoms with E-state index in [0.717, 1.165) is 6.54 Å². The highest BCUT2D eigenvalue weighted by Crippen LogP contribution is 2.22. The molecule has 0 aromatic heterocycles. The van der Waals surface area contributed by atoms with Gasteiger partial charge in [-0.15, -0.1) is 0 Å². The van der Waals surface area contributed by atoms with E-state index in [1.165, 1.54) is 30.8 Å². The summed E-state index contributed by atoms with van der Waals surface area (Å²) >= 11 is 0. The van der Waals surface area contributed by atoms with Crippen molar-refractivity contribution in [3.8, 4) is 0 Å². The second-order valence-electron chi connectivity index (χ2n) is 6.10. The minimum Gasteiger partial charge on any atom is -0.382 e. The first-order valence-electron chi connectivity index (χ1n) is 7.89. The van der Waals surface area contributed by atoms with Crippen molar-refractivity contribution in [3.63, 3.8) is 0 Å². The molecule has 1 heterocycles. The molecule has 2 atom stereocenters. The fourth-order valence-corrected chi connectivity index (χ4v) is 3.18. The predicted octanol–water partition coefficient (Wildman–Crippen LogP) is 4.01. The first-order valence-corrected chi connectivity index (χ1v) is 7.89. The maximum atomic E-state index is 3.69. The standard InChI is InChI=1S/C19H24N2/c1-16-14-21(15-17-8-4-2-5-9-17)13-12-19(16)20-18-10-6-3-7-11-18/h2-11,16,19-20H,12-15H2,1H3/t16-,19-/m0/s1. The molecule has 0 spiro atoms. The highest BCUT2D eigenvalue weighted by Gasteiger charge is 2.25. The monoisotopic (exact) mass is 280 g/mol. The van der Waals surface area contributed by atoms with Gasteiger partial charge in [0, 0.05) is 31.4 Å². The van der Waals surface area contributed by atoms with Crippen molar-refractivity contribution in [2.24, 2.45) is 5.92 Å². The first kappa shape index (κ1) is 14.2. The molecule has 0 amide bonds. The van der Waals surface area contributed by atoms with E-state index in [1.807, 2.05) is 0 Å². The number of nitrogens with one attached hydrogen (secondary N) is 1. The largest absolute Gasteiger partial charge is 0.382 e. The first-order chi connectivity index (χ1) is 10.3. The molecular weight excluding hydrogens is 256 g/mol. The fourth-order valence-electron chi connectivity index (χ4n) is 3.18. The van der Waals surface area contributed by atoms with Crippen LogP contribution < -0.4 is 5.32 Å². The van der Waals surface area contributed by atoms with E-state index in [9.17, 15) is 0 Å². The third-order valence-corrected chi connectivity index (χ3v) is 4.36. The average molecular weight is 280 g/mol. The van der Waals surface area contributed by atoms with E-state index in [2.05, 4.69) is 77.8 Å². The third kappa shape index (κ3) is 3.85. The molecule has 1 saturated heterocycles. The summed E-state index contributed by atoms with van der Waals surface area (Å²) in [5.74, 6) is 0.669. The van der Waals surface area contributed by atoms with Gasteiger partial charge in [-0.1, -0.05) is 55.5 Å². The van der Waals surface area contributed by atoms with Crippen LogP contribution in [0.2, 0.25) is 0 Å². The van der Waals surface area contributed by atoms with Crippen LogP contribution in [0.15, 0.2) is 60.7 Å². The number of hydrogen-bond acceptors (Lipinski definition) is 2. The molecule has 1 N–H and O–H groups in total. The Morgan fingerprint density at radius 2 is 1.67 bits per heavy atom. The summed E-state index contributed by atoms with van der Waals surface area (Å²) in [7, 11) is 0. The number of benzene rings is 2. The lowest BCUT2D eigenvalue weighted by Crippen LogP contribution is -2.44. The Labute approximate surface area is 127 Å². The Morgan fingerprint density at radius 1 is 1.00 bits per heavy atom. The summed E-state index contributed by atoms with van der Waals surface area (Å²) < 4.78 is 0. The molecule has 21 heavy (non-hydrogen) atoms. The van der Waals surface area contributed by atoms with Crippen LogP contribution in [-0.2, 0) is 6.54 Å². The third-order valence-electron chi connectivity index (χ3n) is 4.36. The van der Waals surface area contributed by atoms with Crippen molar-refractivity contribution in [2.45, 2.75) is 25.9 Å². The Hall–Kier alpha value is -1.80. The van der Waals surface area contributed by atoms with Crippen LogP contribution in [0.3, 0.4) is 0 Å². The van der Waals surface area contributed by atoms with E-state index in [1.54, 1.807) is 0 Å². The van der Waals surface area contributed by atoms with Gasteiger partial charge in [0.05, 0.1) is 0 Å². The molecule has 110 valence electrons. The zero-order chi connectivity index (χ0) is 14.5. The van der Waals surface area contributed by atoms with E-state index in [4.69, 9.17) is 0 Å². The van der Waals surface area contributed by atoms with Crippen molar-refractivity contribution >= 4 is 5.69 Å². The predicted molar refractivity (Wildman–Crippen MR) is 89.4 cm³/mol. The number of para-hydroxylation sites is 1. The smallest absolute Gasteiger partial charge is 0.0342 e. The van der Waals surface area contributed by atoms with Crippen LogP contribution in [0.5, 0.6) is 0 Å². The lowest BCUT2D eigenvalue weighted by Gasteiger charge is -2.37. The van der Waals surface area contributed by atoms with E-state index in [0.29, 0.717) is 12.0 Å². The summed E-state index contributed by atoms with van der Waals surface area (Å²) in [6.45, 7) is 5.77. The molecule has 1 aliphatic rings. The van der Waals surface area contributed by atoms with Crippen molar-refractivity contribution in [1.29, 1.82) is 0 Å². The van der Waals surface area contributed by atoms with Crippen molar-refractivity contribution in [1.82, 2.24) is 4.90 Å². The second-order valence-corrected chi connectivity index (χ2v) is 6.10. The van der Waals surface area contributed by atoms with Gasteiger partial charge < -0.3 is 5.32 Å². The average Bonchev–Trinajstić information content (AvgIpc) is 2.52. The Kier molecular flexibility index (Phi) is 4.56. The molecule has 3 rings (SSSR count). The zero-order valence-electron chi connectivity index (χ0n) is 12.7. The van der Waals surface area contributed by atoms with Gasteiger partial charge in [0.1, 0.15) is 0 Å². The maximum Gasteiger partial charge on any atom is 0.0342 e. The summed E-state index contributed by atoms with van der Waals surface area (Å²) in [4.78, 5) is 2.57. The minimum atomic E-state index is 0.583. The van der Waals surface area contributed by atoms with Gasteiger partial charge in [-0.05, 0) is 30.0 Å². The van der Waals surface area contributed by atoms with Gasteiger partial charge >= 0.3 is 0 Å². The lowest BCUT2D eigenvalue weighted by molar-refractivity contribution is 0.165. The molecule has 2 nitrogen and oxygen atoms in total. The molecule has 2 aromatic rings. The molecule has 2 aromatic carbocycles. The minimum absolute atomic E-state index is 0.583. The Morgan fingerprint density at radius 3 is 2.33 bits per heavy atom. The van der Waals surface area contributed by atoms with Crippen molar-refractivity contribution in [3.05, 3.63) is 66.2 Å². The maximum absolute atomic E-state index is 3.69. The normalized spacial score (nSPS) is 22.9. The van der Waals surface area contributed by atoms with Crippen molar-refractivity contribution in [2.75, 3.05) is 18.4 Å². The number of nitrogens with zero attached hydrogens (tertiary/aromatic N) is 1. The fraction of sp³-hybridized carbons (Fsp3) is 0.368. The molecule has 0 saturated carbocycles. The highest BCUT2D eigenvalue weighted by molar-refractivity contribution is 5.43. The lowest BCUT2D eigenvalue weighted by atomic mass is 9.93. The van der Waals surface area contributed by atoms with Gasteiger partial charge in [0.25, 0.3) is 0 Å². The van der Waals surface area contributed by atoms with Crippen molar-refractivity contribution < 1.29 is 0 Å². The molecule has 2 heteroatoms. The number of hydrogen-bond donors (Lipinski definition) is 1. The van der Waals surface area contributed by atoms with E-state index >= 15 is 0 Å². The van der Waals surface area contributed by atoms with Gasteiger partial charge in [-0.3, -0.25) is 4.90 Å². The number of anilines is 1. The number of rotatable bonds is 4. The molecule has 0 aliphatic carbocycles. The van der Waals surface area contributed by atoms with E-state index in [-0.39, 0.29) is 0 Å². The summed E-state index contributed by atoms with van der Waals surface area (Å²) in [6, 6.07) is 21.9. The molecule has 0 unspecified atom stereocenters. The Balaban J connectivity index is 1.54. The molecular formula is C19H24N2. The molecule has 0 radical (unpaired) electrons. The number of piperidine rings is 1.